The summed E-state index contributed by atoms with van der Waals surface area (Å²) in [5.41, 5.74) is 0. The van der Waals surface area contributed by atoms with Crippen molar-refractivity contribution in [2.24, 2.45) is 0 Å². The number of rotatable bonds is 2. The lowest BCUT2D eigenvalue weighted by atomic mass is 10.4. The van der Waals surface area contributed by atoms with Crippen LogP contribution in [0.15, 0.2) is 0 Å². The maximum atomic E-state index is 9.84. The molecule has 0 spiro atoms. The van der Waals surface area contributed by atoms with Crippen LogP contribution in [-0.4, -0.2) is 27.8 Å². The normalized spacial score (nSPS) is 16.3. The van der Waals surface area contributed by atoms with Gasteiger partial charge in [0.2, 0.25) is 0 Å². The van der Waals surface area contributed by atoms with E-state index in [2.05, 4.69) is 12.6 Å². The molecule has 1 unspecified atom stereocenters. The van der Waals surface area contributed by atoms with Crippen molar-refractivity contribution < 1.29 is 15.0 Å². The van der Waals surface area contributed by atoms with E-state index in [1.807, 2.05) is 5.32 Å². The molecule has 3 N–H and O–H groups in total. The monoisotopic (exact) mass is 151 g/mol. The molecule has 0 saturated heterocycles. The topological polar surface area (TPSA) is 69.6 Å². The first-order chi connectivity index (χ1) is 4.04. The Kier molecular flexibility index (Phi) is 3.41. The summed E-state index contributed by atoms with van der Waals surface area (Å²) in [7, 11) is 0. The Morgan fingerprint density at radius 3 is 2.33 bits per heavy atom. The van der Waals surface area contributed by atoms with Crippen molar-refractivity contribution in [3.63, 3.8) is 0 Å². The number of aliphatic hydroxyl groups is 1. The molecule has 0 aliphatic carbocycles. The molecule has 0 aromatic rings. The van der Waals surface area contributed by atoms with E-state index in [1.54, 1.807) is 0 Å². The summed E-state index contributed by atoms with van der Waals surface area (Å²) in [6, 6.07) is 0. The van der Waals surface area contributed by atoms with Crippen LogP contribution in [0.2, 0.25) is 0 Å². The maximum absolute atomic E-state index is 9.84. The van der Waals surface area contributed by atoms with Gasteiger partial charge in [-0.15, -0.1) is 0 Å². The van der Waals surface area contributed by atoms with Crippen molar-refractivity contribution in [1.29, 1.82) is 0 Å². The van der Waals surface area contributed by atoms with Gasteiger partial charge in [-0.25, -0.2) is 4.79 Å². The van der Waals surface area contributed by atoms with Crippen LogP contribution >= 0.6 is 12.6 Å². The van der Waals surface area contributed by atoms with Crippen molar-refractivity contribution in [3.05, 3.63) is 0 Å². The van der Waals surface area contributed by atoms with E-state index in [0.717, 1.165) is 0 Å². The highest BCUT2D eigenvalue weighted by Gasteiger charge is 2.10. The Bertz CT molecular complexity index is 106. The van der Waals surface area contributed by atoms with Crippen LogP contribution in [0.25, 0.3) is 0 Å². The molecule has 4 nitrogen and oxygen atoms in total. The summed E-state index contributed by atoms with van der Waals surface area (Å²) in [6.45, 7) is 1.45. The van der Waals surface area contributed by atoms with Crippen LogP contribution < -0.4 is 5.32 Å². The fraction of sp³-hybridized carbons (Fsp3) is 0.750. The first-order valence-corrected chi connectivity index (χ1v) is 2.91. The van der Waals surface area contributed by atoms with Gasteiger partial charge in [-0.1, -0.05) is 0 Å². The number of amides is 1. The van der Waals surface area contributed by atoms with Crippen molar-refractivity contribution in [2.75, 3.05) is 0 Å². The Morgan fingerprint density at radius 1 is 1.78 bits per heavy atom. The number of carboxylic acid groups (broad SMARTS) is 1. The van der Waals surface area contributed by atoms with E-state index < -0.39 is 17.6 Å². The second kappa shape index (κ2) is 3.58. The standard InChI is InChI=1S/C4H9NO3S/c1-2(6)3(9)5-4(7)8/h2-3,5-6,9H,1H3,(H,7,8)/t2-,3?/m1/s1. The number of carbonyl (C=O) groups is 1. The van der Waals surface area contributed by atoms with E-state index >= 15 is 0 Å². The predicted molar refractivity (Wildman–Crippen MR) is 35.6 cm³/mol. The van der Waals surface area contributed by atoms with Crippen LogP contribution in [-0.2, 0) is 0 Å². The van der Waals surface area contributed by atoms with E-state index in [1.165, 1.54) is 6.92 Å². The van der Waals surface area contributed by atoms with Gasteiger partial charge in [-0.05, 0) is 6.92 Å². The number of thiol groups is 1. The van der Waals surface area contributed by atoms with Gasteiger partial charge in [-0.3, -0.25) is 0 Å². The lowest BCUT2D eigenvalue weighted by Crippen LogP contribution is -2.36. The first-order valence-electron chi connectivity index (χ1n) is 2.39. The van der Waals surface area contributed by atoms with Crippen molar-refractivity contribution >= 4 is 18.7 Å². The van der Waals surface area contributed by atoms with E-state index in [9.17, 15) is 4.79 Å². The molecule has 0 heterocycles. The smallest absolute Gasteiger partial charge is 0.405 e. The van der Waals surface area contributed by atoms with Crippen LogP contribution in [0, 0.1) is 0 Å². The quantitative estimate of drug-likeness (QED) is 0.329. The molecule has 0 aromatic heterocycles. The van der Waals surface area contributed by atoms with E-state index in [-0.39, 0.29) is 0 Å². The highest BCUT2D eigenvalue weighted by molar-refractivity contribution is 7.81. The molecular weight excluding hydrogens is 142 g/mol. The van der Waals surface area contributed by atoms with Crippen LogP contribution in [0.4, 0.5) is 4.79 Å². The van der Waals surface area contributed by atoms with Crippen molar-refractivity contribution in [2.45, 2.75) is 18.4 Å². The summed E-state index contributed by atoms with van der Waals surface area (Å²) in [6.07, 6.45) is -1.96. The maximum Gasteiger partial charge on any atom is 0.405 e. The van der Waals surface area contributed by atoms with Crippen LogP contribution in [0.5, 0.6) is 0 Å². The predicted octanol–water partition coefficient (Wildman–Crippen LogP) is -0.109. The lowest BCUT2D eigenvalue weighted by Gasteiger charge is -2.12. The number of hydrogen-bond donors (Lipinski definition) is 4. The summed E-state index contributed by atoms with van der Waals surface area (Å²) in [5.74, 6) is 0. The van der Waals surface area contributed by atoms with Gasteiger partial charge in [0, 0.05) is 0 Å². The number of nitrogens with one attached hydrogen (secondary N) is 1. The third-order valence-electron chi connectivity index (χ3n) is 0.728. The molecule has 2 atom stereocenters. The average Bonchev–Trinajstić information content (AvgIpc) is 1.63. The first kappa shape index (κ1) is 8.58. The molecule has 0 bridgehead atoms. The Hall–Kier alpha value is -0.420. The SMILES string of the molecule is C[C@@H](O)C(S)NC(=O)O. The lowest BCUT2D eigenvalue weighted by molar-refractivity contribution is 0.160. The molecule has 0 fully saturated rings. The van der Waals surface area contributed by atoms with Gasteiger partial charge in [0.1, 0.15) is 5.37 Å². The Labute approximate surface area is 58.3 Å². The third kappa shape index (κ3) is 4.11. The van der Waals surface area contributed by atoms with Gasteiger partial charge in [0.25, 0.3) is 0 Å². The zero-order valence-electron chi connectivity index (χ0n) is 4.90. The van der Waals surface area contributed by atoms with Crippen LogP contribution in [0.1, 0.15) is 6.92 Å². The summed E-state index contributed by atoms with van der Waals surface area (Å²) in [5, 5.41) is 18.0. The summed E-state index contributed by atoms with van der Waals surface area (Å²) >= 11 is 3.72. The van der Waals surface area contributed by atoms with Gasteiger partial charge < -0.3 is 15.5 Å². The van der Waals surface area contributed by atoms with Crippen molar-refractivity contribution in [1.82, 2.24) is 5.32 Å². The second-order valence-electron chi connectivity index (χ2n) is 1.63. The fourth-order valence-corrected chi connectivity index (χ4v) is 0.358. The molecule has 0 aliphatic rings. The number of hydrogen-bond acceptors (Lipinski definition) is 3. The van der Waals surface area contributed by atoms with E-state index in [4.69, 9.17) is 10.2 Å². The fourth-order valence-electron chi connectivity index (χ4n) is 0.247. The highest BCUT2D eigenvalue weighted by Crippen LogP contribution is 1.95. The molecule has 0 rings (SSSR count). The minimum absolute atomic E-state index is 0.706. The third-order valence-corrected chi connectivity index (χ3v) is 1.29. The zero-order valence-corrected chi connectivity index (χ0v) is 5.80. The van der Waals surface area contributed by atoms with Gasteiger partial charge >= 0.3 is 6.09 Å². The molecular formula is C4H9NO3S. The molecule has 0 aliphatic heterocycles. The minimum atomic E-state index is -1.18. The van der Waals surface area contributed by atoms with Gasteiger partial charge in [-0.2, -0.15) is 12.6 Å². The molecule has 9 heavy (non-hydrogen) atoms. The van der Waals surface area contributed by atoms with Gasteiger partial charge in [0.05, 0.1) is 6.10 Å². The molecule has 1 amide bonds. The highest BCUT2D eigenvalue weighted by atomic mass is 32.1. The summed E-state index contributed by atoms with van der Waals surface area (Å²) < 4.78 is 0. The summed E-state index contributed by atoms with van der Waals surface area (Å²) in [4.78, 5) is 9.84. The van der Waals surface area contributed by atoms with Gasteiger partial charge in [0.15, 0.2) is 0 Å². The molecule has 54 valence electrons. The zero-order chi connectivity index (χ0) is 7.44. The Balaban J connectivity index is 3.50. The Morgan fingerprint density at radius 2 is 2.22 bits per heavy atom. The second-order valence-corrected chi connectivity index (χ2v) is 2.19. The van der Waals surface area contributed by atoms with E-state index in [0.29, 0.717) is 0 Å². The van der Waals surface area contributed by atoms with Crippen molar-refractivity contribution in [3.8, 4) is 0 Å². The molecule has 5 heteroatoms. The van der Waals surface area contributed by atoms with Crippen LogP contribution in [0.3, 0.4) is 0 Å². The average molecular weight is 151 g/mol. The molecule has 0 saturated carbocycles. The molecule has 0 radical (unpaired) electrons. The number of aliphatic hydroxyl groups excluding tert-OH is 1. The largest absolute Gasteiger partial charge is 0.465 e. The minimum Gasteiger partial charge on any atom is -0.465 e. The molecule has 0 aromatic carbocycles.